The van der Waals surface area contributed by atoms with Crippen LogP contribution in [0.3, 0.4) is 0 Å². The number of pyridine rings is 1. The fourth-order valence-electron chi connectivity index (χ4n) is 2.10. The molecular weight excluding hydrogens is 252 g/mol. The fourth-order valence-corrected chi connectivity index (χ4v) is 2.10. The van der Waals surface area contributed by atoms with E-state index < -0.39 is 0 Å². The molecular formula is C16H14N2O2. The summed E-state index contributed by atoms with van der Waals surface area (Å²) in [7, 11) is 0. The van der Waals surface area contributed by atoms with Crippen LogP contribution in [-0.4, -0.2) is 10.8 Å². The van der Waals surface area contributed by atoms with E-state index in [1.807, 2.05) is 36.4 Å². The highest BCUT2D eigenvalue weighted by atomic mass is 16.3. The lowest BCUT2D eigenvalue weighted by atomic mass is 10.1. The molecule has 0 aliphatic heterocycles. The van der Waals surface area contributed by atoms with Gasteiger partial charge in [0, 0.05) is 11.1 Å². The standard InChI is InChI=1S/C16H14N2O2/c17-10-13-7-8-16(20-13)15(19)9-12-6-5-11-3-1-2-4-14(11)18-12/h1-8H,9-10,17H2. The predicted octanol–water partition coefficient (Wildman–Crippen LogP) is 2.71. The molecule has 0 atom stereocenters. The fraction of sp³-hybridized carbons (Fsp3) is 0.125. The van der Waals surface area contributed by atoms with Crippen LogP contribution in [0.25, 0.3) is 10.9 Å². The Morgan fingerprint density at radius 3 is 2.75 bits per heavy atom. The number of benzene rings is 1. The van der Waals surface area contributed by atoms with Crippen LogP contribution in [0.15, 0.2) is 52.9 Å². The van der Waals surface area contributed by atoms with Gasteiger partial charge in [-0.15, -0.1) is 0 Å². The average Bonchev–Trinajstić information content (AvgIpc) is 2.96. The van der Waals surface area contributed by atoms with E-state index in [-0.39, 0.29) is 12.2 Å². The first kappa shape index (κ1) is 12.6. The normalized spacial score (nSPS) is 10.8. The van der Waals surface area contributed by atoms with Gasteiger partial charge in [0.05, 0.1) is 18.5 Å². The van der Waals surface area contributed by atoms with Crippen LogP contribution < -0.4 is 5.73 Å². The Kier molecular flexibility index (Phi) is 3.31. The molecule has 0 unspecified atom stereocenters. The van der Waals surface area contributed by atoms with Crippen LogP contribution in [-0.2, 0) is 13.0 Å². The molecule has 0 aliphatic carbocycles. The number of hydrogen-bond acceptors (Lipinski definition) is 4. The van der Waals surface area contributed by atoms with Gasteiger partial charge in [0.15, 0.2) is 5.76 Å². The number of furan rings is 1. The molecule has 0 saturated carbocycles. The molecule has 4 heteroatoms. The Bertz CT molecular complexity index is 762. The van der Waals surface area contributed by atoms with Crippen LogP contribution in [0.1, 0.15) is 22.0 Å². The van der Waals surface area contributed by atoms with Crippen molar-refractivity contribution >= 4 is 16.7 Å². The van der Waals surface area contributed by atoms with E-state index in [4.69, 9.17) is 10.2 Å². The second-order valence-corrected chi connectivity index (χ2v) is 4.57. The largest absolute Gasteiger partial charge is 0.457 e. The molecule has 100 valence electrons. The van der Waals surface area contributed by atoms with Crippen molar-refractivity contribution in [2.45, 2.75) is 13.0 Å². The molecule has 1 aromatic carbocycles. The van der Waals surface area contributed by atoms with Crippen molar-refractivity contribution in [3.8, 4) is 0 Å². The van der Waals surface area contributed by atoms with Gasteiger partial charge in [-0.1, -0.05) is 24.3 Å². The number of nitrogens with two attached hydrogens (primary N) is 1. The van der Waals surface area contributed by atoms with Gasteiger partial charge in [-0.25, -0.2) is 0 Å². The molecule has 0 saturated heterocycles. The number of aromatic nitrogens is 1. The molecule has 2 heterocycles. The summed E-state index contributed by atoms with van der Waals surface area (Å²) in [6.45, 7) is 0.293. The zero-order chi connectivity index (χ0) is 13.9. The molecule has 2 aromatic heterocycles. The van der Waals surface area contributed by atoms with Gasteiger partial charge in [-0.05, 0) is 24.3 Å². The number of nitrogens with zero attached hydrogens (tertiary/aromatic N) is 1. The Balaban J connectivity index is 1.83. The minimum absolute atomic E-state index is 0.0903. The molecule has 0 amide bonds. The number of carbonyl (C=O) groups excluding carboxylic acids is 1. The summed E-state index contributed by atoms with van der Waals surface area (Å²) in [5, 5.41) is 1.06. The summed E-state index contributed by atoms with van der Waals surface area (Å²) in [6.07, 6.45) is 0.225. The van der Waals surface area contributed by atoms with E-state index in [2.05, 4.69) is 4.98 Å². The molecule has 0 radical (unpaired) electrons. The maximum absolute atomic E-state index is 12.1. The van der Waals surface area contributed by atoms with Crippen LogP contribution in [0, 0.1) is 0 Å². The monoisotopic (exact) mass is 266 g/mol. The van der Waals surface area contributed by atoms with Crippen LogP contribution >= 0.6 is 0 Å². The summed E-state index contributed by atoms with van der Waals surface area (Å²) in [4.78, 5) is 16.6. The topological polar surface area (TPSA) is 69.1 Å². The third-order valence-corrected chi connectivity index (χ3v) is 3.14. The number of hydrogen-bond donors (Lipinski definition) is 1. The molecule has 20 heavy (non-hydrogen) atoms. The minimum Gasteiger partial charge on any atom is -0.457 e. The molecule has 0 aliphatic rings. The quantitative estimate of drug-likeness (QED) is 0.737. The molecule has 3 aromatic rings. The lowest BCUT2D eigenvalue weighted by molar-refractivity contribution is 0.0964. The third-order valence-electron chi connectivity index (χ3n) is 3.14. The molecule has 0 bridgehead atoms. The third kappa shape index (κ3) is 2.46. The number of rotatable bonds is 4. The summed E-state index contributed by atoms with van der Waals surface area (Å²) in [5.41, 5.74) is 7.09. The lowest BCUT2D eigenvalue weighted by Gasteiger charge is -2.01. The zero-order valence-corrected chi connectivity index (χ0v) is 10.9. The SMILES string of the molecule is NCc1ccc(C(=O)Cc2ccc3ccccc3n2)o1. The summed E-state index contributed by atoms with van der Waals surface area (Å²) in [6, 6.07) is 15.0. The maximum atomic E-state index is 12.1. The van der Waals surface area contributed by atoms with Gasteiger partial charge >= 0.3 is 0 Å². The Hall–Kier alpha value is -2.46. The number of fused-ring (bicyclic) bond motifs is 1. The van der Waals surface area contributed by atoms with Gasteiger partial charge in [0.25, 0.3) is 0 Å². The Labute approximate surface area is 116 Å². The lowest BCUT2D eigenvalue weighted by Crippen LogP contribution is -2.04. The van der Waals surface area contributed by atoms with Crippen molar-refractivity contribution < 1.29 is 9.21 Å². The van der Waals surface area contributed by atoms with E-state index in [0.29, 0.717) is 18.1 Å². The number of ketones is 1. The van der Waals surface area contributed by atoms with E-state index in [1.165, 1.54) is 0 Å². The van der Waals surface area contributed by atoms with Crippen LogP contribution in [0.4, 0.5) is 0 Å². The molecule has 3 rings (SSSR count). The first-order chi connectivity index (χ1) is 9.76. The Morgan fingerprint density at radius 1 is 1.10 bits per heavy atom. The van der Waals surface area contributed by atoms with E-state index in [9.17, 15) is 4.79 Å². The Morgan fingerprint density at radius 2 is 1.95 bits per heavy atom. The van der Waals surface area contributed by atoms with E-state index in [0.717, 1.165) is 16.6 Å². The summed E-state index contributed by atoms with van der Waals surface area (Å²) < 4.78 is 5.35. The minimum atomic E-state index is -0.0903. The zero-order valence-electron chi connectivity index (χ0n) is 10.9. The first-order valence-electron chi connectivity index (χ1n) is 6.43. The molecule has 0 spiro atoms. The second kappa shape index (κ2) is 5.27. The summed E-state index contributed by atoms with van der Waals surface area (Å²) >= 11 is 0. The van der Waals surface area contributed by atoms with Crippen molar-refractivity contribution in [1.82, 2.24) is 4.98 Å². The van der Waals surface area contributed by atoms with Crippen molar-refractivity contribution in [2.24, 2.45) is 5.73 Å². The first-order valence-corrected chi connectivity index (χ1v) is 6.43. The molecule has 2 N–H and O–H groups in total. The van der Waals surface area contributed by atoms with Gasteiger partial charge < -0.3 is 10.2 Å². The van der Waals surface area contributed by atoms with Gasteiger partial charge in [0.1, 0.15) is 5.76 Å². The van der Waals surface area contributed by atoms with Gasteiger partial charge in [-0.2, -0.15) is 0 Å². The van der Waals surface area contributed by atoms with Crippen molar-refractivity contribution in [3.05, 3.63) is 65.7 Å². The second-order valence-electron chi connectivity index (χ2n) is 4.57. The van der Waals surface area contributed by atoms with Crippen molar-refractivity contribution in [1.29, 1.82) is 0 Å². The van der Waals surface area contributed by atoms with Crippen molar-refractivity contribution in [2.75, 3.05) is 0 Å². The smallest absolute Gasteiger partial charge is 0.203 e. The number of Topliss-reactive ketones (excluding diaryl/α,β-unsaturated/α-hetero) is 1. The molecule has 4 nitrogen and oxygen atoms in total. The predicted molar refractivity (Wildman–Crippen MR) is 76.4 cm³/mol. The molecule has 0 fully saturated rings. The van der Waals surface area contributed by atoms with E-state index >= 15 is 0 Å². The summed E-state index contributed by atoms with van der Waals surface area (Å²) in [5.74, 6) is 0.854. The number of para-hydroxylation sites is 1. The van der Waals surface area contributed by atoms with E-state index in [1.54, 1.807) is 12.1 Å². The van der Waals surface area contributed by atoms with Gasteiger partial charge in [0.2, 0.25) is 5.78 Å². The van der Waals surface area contributed by atoms with Crippen molar-refractivity contribution in [3.63, 3.8) is 0 Å². The van der Waals surface area contributed by atoms with Gasteiger partial charge in [-0.3, -0.25) is 9.78 Å². The number of carbonyl (C=O) groups is 1. The average molecular weight is 266 g/mol. The highest BCUT2D eigenvalue weighted by Gasteiger charge is 2.12. The maximum Gasteiger partial charge on any atom is 0.203 e. The highest BCUT2D eigenvalue weighted by molar-refractivity contribution is 5.95. The highest BCUT2D eigenvalue weighted by Crippen LogP contribution is 2.14. The van der Waals surface area contributed by atoms with Crippen LogP contribution in [0.5, 0.6) is 0 Å². The van der Waals surface area contributed by atoms with Crippen LogP contribution in [0.2, 0.25) is 0 Å².